The third-order valence-corrected chi connectivity index (χ3v) is 3.58. The Hall–Kier alpha value is -2.56. The zero-order chi connectivity index (χ0) is 17.7. The van der Waals surface area contributed by atoms with Gasteiger partial charge in [0.25, 0.3) is 0 Å². The maximum Gasteiger partial charge on any atom is 0.320 e. The SMILES string of the molecule is CC(C)n1cc(C#N)c(NC(=O)NCC(O)c2ccc(Cl)cc2)n1. The molecule has 7 nitrogen and oxygen atoms in total. The van der Waals surface area contributed by atoms with E-state index >= 15 is 0 Å². The number of nitrogens with one attached hydrogen (secondary N) is 2. The summed E-state index contributed by atoms with van der Waals surface area (Å²) in [6.07, 6.45) is 0.708. The predicted molar refractivity (Wildman–Crippen MR) is 90.8 cm³/mol. The zero-order valence-corrected chi connectivity index (χ0v) is 14.1. The summed E-state index contributed by atoms with van der Waals surface area (Å²) in [5.74, 6) is 0.185. The Balaban J connectivity index is 1.94. The predicted octanol–water partition coefficient (Wildman–Crippen LogP) is 2.84. The lowest BCUT2D eigenvalue weighted by Gasteiger charge is -2.12. The largest absolute Gasteiger partial charge is 0.387 e. The van der Waals surface area contributed by atoms with Gasteiger partial charge in [-0.25, -0.2) is 4.79 Å². The van der Waals surface area contributed by atoms with Crippen LogP contribution in [-0.4, -0.2) is 27.5 Å². The van der Waals surface area contributed by atoms with Gasteiger partial charge in [-0.3, -0.25) is 10.00 Å². The Kier molecular flexibility index (Phi) is 5.79. The molecule has 126 valence electrons. The van der Waals surface area contributed by atoms with Gasteiger partial charge in [0.05, 0.1) is 6.10 Å². The van der Waals surface area contributed by atoms with Gasteiger partial charge in [0.1, 0.15) is 11.6 Å². The van der Waals surface area contributed by atoms with E-state index < -0.39 is 12.1 Å². The number of benzene rings is 1. The van der Waals surface area contributed by atoms with Crippen molar-refractivity contribution in [3.63, 3.8) is 0 Å². The van der Waals surface area contributed by atoms with E-state index in [1.54, 1.807) is 35.1 Å². The summed E-state index contributed by atoms with van der Waals surface area (Å²) in [6.45, 7) is 3.85. The molecule has 0 bridgehead atoms. The summed E-state index contributed by atoms with van der Waals surface area (Å²) in [5.41, 5.74) is 0.915. The number of anilines is 1. The van der Waals surface area contributed by atoms with Gasteiger partial charge in [-0.15, -0.1) is 0 Å². The number of nitrogens with zero attached hydrogens (tertiary/aromatic N) is 3. The molecule has 1 aromatic heterocycles. The third kappa shape index (κ3) is 4.47. The second-order valence-corrected chi connectivity index (χ2v) is 5.92. The first-order chi connectivity index (χ1) is 11.4. The van der Waals surface area contributed by atoms with Gasteiger partial charge in [0.2, 0.25) is 0 Å². The van der Waals surface area contributed by atoms with Gasteiger partial charge in [0.15, 0.2) is 5.82 Å². The van der Waals surface area contributed by atoms with E-state index in [-0.39, 0.29) is 24.0 Å². The molecule has 0 radical (unpaired) electrons. The minimum absolute atomic E-state index is 0.0141. The van der Waals surface area contributed by atoms with Crippen LogP contribution < -0.4 is 10.6 Å². The molecule has 2 aromatic rings. The normalized spacial score (nSPS) is 11.8. The van der Waals surface area contributed by atoms with Crippen LogP contribution in [0.4, 0.5) is 10.6 Å². The molecule has 1 aromatic carbocycles. The van der Waals surface area contributed by atoms with Gasteiger partial charge in [0, 0.05) is 23.8 Å². The van der Waals surface area contributed by atoms with Crippen LogP contribution in [0.5, 0.6) is 0 Å². The summed E-state index contributed by atoms with van der Waals surface area (Å²) in [5, 5.41) is 28.9. The number of halogens is 1. The molecule has 24 heavy (non-hydrogen) atoms. The molecule has 0 spiro atoms. The summed E-state index contributed by atoms with van der Waals surface area (Å²) < 4.78 is 1.59. The lowest BCUT2D eigenvalue weighted by molar-refractivity contribution is 0.175. The van der Waals surface area contributed by atoms with Gasteiger partial charge < -0.3 is 10.4 Å². The number of aliphatic hydroxyl groups is 1. The molecule has 0 aliphatic heterocycles. The molecule has 8 heteroatoms. The lowest BCUT2D eigenvalue weighted by atomic mass is 10.1. The molecule has 0 saturated heterocycles. The average molecular weight is 348 g/mol. The van der Waals surface area contributed by atoms with Crippen molar-refractivity contribution in [3.05, 3.63) is 46.6 Å². The highest BCUT2D eigenvalue weighted by atomic mass is 35.5. The second kappa shape index (κ2) is 7.81. The molecule has 0 saturated carbocycles. The lowest BCUT2D eigenvalue weighted by Crippen LogP contribution is -2.32. The third-order valence-electron chi connectivity index (χ3n) is 3.32. The quantitative estimate of drug-likeness (QED) is 0.773. The summed E-state index contributed by atoms with van der Waals surface area (Å²) in [4.78, 5) is 11.9. The standard InChI is InChI=1S/C16H18ClN5O2/c1-10(2)22-9-12(7-18)15(21-22)20-16(24)19-8-14(23)11-3-5-13(17)6-4-11/h3-6,9-10,14,23H,8H2,1-2H3,(H2,19,20,21,24). The van der Waals surface area contributed by atoms with Crippen LogP contribution in [0.1, 0.15) is 37.1 Å². The molecular formula is C16H18ClN5O2. The Morgan fingerprint density at radius 1 is 1.42 bits per heavy atom. The maximum absolute atomic E-state index is 11.9. The van der Waals surface area contributed by atoms with Crippen LogP contribution >= 0.6 is 11.6 Å². The molecule has 1 atom stereocenters. The first-order valence-corrected chi connectivity index (χ1v) is 7.76. The molecule has 0 fully saturated rings. The number of aliphatic hydroxyl groups excluding tert-OH is 1. The summed E-state index contributed by atoms with van der Waals surface area (Å²) in [7, 11) is 0. The minimum atomic E-state index is -0.864. The van der Waals surface area contributed by atoms with Gasteiger partial charge >= 0.3 is 6.03 Å². The van der Waals surface area contributed by atoms with Crippen LogP contribution in [0, 0.1) is 11.3 Å². The van der Waals surface area contributed by atoms with Crippen LogP contribution in [0.25, 0.3) is 0 Å². The molecule has 2 amide bonds. The van der Waals surface area contributed by atoms with Crippen LogP contribution in [0.2, 0.25) is 5.02 Å². The molecule has 3 N–H and O–H groups in total. The molecule has 0 aliphatic rings. The number of carbonyl (C=O) groups excluding carboxylic acids is 1. The smallest absolute Gasteiger partial charge is 0.320 e. The number of nitriles is 1. The van der Waals surface area contributed by atoms with E-state index in [1.165, 1.54) is 0 Å². The van der Waals surface area contributed by atoms with E-state index in [1.807, 2.05) is 19.9 Å². The van der Waals surface area contributed by atoms with Crippen molar-refractivity contribution in [3.8, 4) is 6.07 Å². The summed E-state index contributed by atoms with van der Waals surface area (Å²) >= 11 is 5.79. The Morgan fingerprint density at radius 2 is 2.08 bits per heavy atom. The van der Waals surface area contributed by atoms with Crippen molar-refractivity contribution >= 4 is 23.4 Å². The number of hydrogen-bond donors (Lipinski definition) is 3. The van der Waals surface area contributed by atoms with Crippen molar-refractivity contribution in [2.45, 2.75) is 26.0 Å². The number of amides is 2. The summed E-state index contributed by atoms with van der Waals surface area (Å²) in [6, 6.07) is 8.21. The Morgan fingerprint density at radius 3 is 2.67 bits per heavy atom. The van der Waals surface area contributed by atoms with Crippen LogP contribution in [-0.2, 0) is 0 Å². The number of hydrogen-bond acceptors (Lipinski definition) is 4. The maximum atomic E-state index is 11.9. The minimum Gasteiger partial charge on any atom is -0.387 e. The number of rotatable bonds is 5. The van der Waals surface area contributed by atoms with E-state index in [4.69, 9.17) is 16.9 Å². The highest BCUT2D eigenvalue weighted by molar-refractivity contribution is 6.30. The van der Waals surface area contributed by atoms with Crippen molar-refractivity contribution in [2.24, 2.45) is 0 Å². The molecule has 1 heterocycles. The van der Waals surface area contributed by atoms with Crippen molar-refractivity contribution in [1.29, 1.82) is 5.26 Å². The highest BCUT2D eigenvalue weighted by Gasteiger charge is 2.14. The molecule has 0 aliphatic carbocycles. The van der Waals surface area contributed by atoms with Crippen molar-refractivity contribution in [1.82, 2.24) is 15.1 Å². The molecular weight excluding hydrogens is 330 g/mol. The van der Waals surface area contributed by atoms with Crippen LogP contribution in [0.15, 0.2) is 30.5 Å². The second-order valence-electron chi connectivity index (χ2n) is 5.48. The topological polar surface area (TPSA) is 103 Å². The number of urea groups is 1. The van der Waals surface area contributed by atoms with Crippen molar-refractivity contribution < 1.29 is 9.90 Å². The van der Waals surface area contributed by atoms with E-state index in [0.29, 0.717) is 10.6 Å². The Bertz CT molecular complexity index is 749. The van der Waals surface area contributed by atoms with Crippen LogP contribution in [0.3, 0.4) is 0 Å². The van der Waals surface area contributed by atoms with Crippen molar-refractivity contribution in [2.75, 3.05) is 11.9 Å². The highest BCUT2D eigenvalue weighted by Crippen LogP contribution is 2.17. The van der Waals surface area contributed by atoms with Gasteiger partial charge in [-0.1, -0.05) is 23.7 Å². The average Bonchev–Trinajstić information content (AvgIpc) is 2.96. The fourth-order valence-electron chi connectivity index (χ4n) is 1.97. The van der Waals surface area contributed by atoms with Gasteiger partial charge in [-0.05, 0) is 31.5 Å². The first-order valence-electron chi connectivity index (χ1n) is 7.38. The van der Waals surface area contributed by atoms with E-state index in [0.717, 1.165) is 0 Å². The van der Waals surface area contributed by atoms with Gasteiger partial charge in [-0.2, -0.15) is 10.4 Å². The fraction of sp³-hybridized carbons (Fsp3) is 0.312. The van der Waals surface area contributed by atoms with E-state index in [9.17, 15) is 9.90 Å². The Labute approximate surface area is 144 Å². The zero-order valence-electron chi connectivity index (χ0n) is 13.3. The number of carbonyl (C=O) groups is 1. The van der Waals surface area contributed by atoms with E-state index in [2.05, 4.69) is 15.7 Å². The monoisotopic (exact) mass is 347 g/mol. The molecule has 2 rings (SSSR count). The number of aromatic nitrogens is 2. The fourth-order valence-corrected chi connectivity index (χ4v) is 2.10. The molecule has 1 unspecified atom stereocenters. The first kappa shape index (κ1) is 17.8.